The second-order valence-corrected chi connectivity index (χ2v) is 10.0. The molecule has 1 saturated carbocycles. The van der Waals surface area contributed by atoms with Gasteiger partial charge in [-0.2, -0.15) is 0 Å². The number of carbonyl (C=O) groups excluding carboxylic acids is 2. The fraction of sp³-hybridized carbons (Fsp3) is 0.909. The van der Waals surface area contributed by atoms with E-state index in [9.17, 15) is 14.7 Å². The Kier molecular flexibility index (Phi) is 7.34. The molecule has 2 aliphatic rings. The van der Waals surface area contributed by atoms with Gasteiger partial charge in [0.15, 0.2) is 0 Å². The first-order chi connectivity index (χ1) is 12.6. The molecule has 0 aromatic rings. The fourth-order valence-electron chi connectivity index (χ4n) is 4.47. The summed E-state index contributed by atoms with van der Waals surface area (Å²) < 4.78 is 0. The van der Waals surface area contributed by atoms with Crippen LogP contribution in [0.2, 0.25) is 0 Å². The monoisotopic (exact) mass is 380 g/mol. The van der Waals surface area contributed by atoms with Crippen LogP contribution in [0.1, 0.15) is 79.6 Å². The normalized spacial score (nSPS) is 30.7. The maximum absolute atomic E-state index is 12.7. The van der Waals surface area contributed by atoms with E-state index >= 15 is 0 Å². The molecule has 1 heterocycles. The van der Waals surface area contributed by atoms with Gasteiger partial charge in [0.25, 0.3) is 0 Å². The van der Waals surface area contributed by atoms with E-state index in [-0.39, 0.29) is 29.1 Å². The highest BCUT2D eigenvalue weighted by Crippen LogP contribution is 2.41. The second kappa shape index (κ2) is 8.93. The van der Waals surface area contributed by atoms with Crippen molar-refractivity contribution in [1.82, 2.24) is 10.2 Å². The molecule has 2 fully saturated rings. The third kappa shape index (κ3) is 5.94. The molecule has 2 N–H and O–H groups in total. The molecule has 0 radical (unpaired) electrons. The van der Waals surface area contributed by atoms with Gasteiger partial charge < -0.3 is 15.3 Å². The van der Waals surface area contributed by atoms with Gasteiger partial charge in [0, 0.05) is 25.6 Å². The molecule has 2 rings (SSSR count). The lowest BCUT2D eigenvalue weighted by atomic mass is 9.68. The molecule has 2 unspecified atom stereocenters. The van der Waals surface area contributed by atoms with Crippen molar-refractivity contribution in [1.29, 1.82) is 0 Å². The highest BCUT2D eigenvalue weighted by molar-refractivity contribution is 5.82. The lowest BCUT2D eigenvalue weighted by Gasteiger charge is -2.41. The first-order valence-electron chi connectivity index (χ1n) is 10.8. The number of piperidine rings is 1. The summed E-state index contributed by atoms with van der Waals surface area (Å²) in [5.41, 5.74) is -0.503. The number of carbonyl (C=O) groups is 2. The van der Waals surface area contributed by atoms with Crippen molar-refractivity contribution in [3.8, 4) is 0 Å². The molecule has 5 nitrogen and oxygen atoms in total. The van der Waals surface area contributed by atoms with Gasteiger partial charge in [-0.25, -0.2) is 0 Å². The quantitative estimate of drug-likeness (QED) is 0.768. The van der Waals surface area contributed by atoms with Crippen LogP contribution in [0.4, 0.5) is 0 Å². The van der Waals surface area contributed by atoms with Gasteiger partial charge in [-0.15, -0.1) is 0 Å². The molecular weight excluding hydrogens is 340 g/mol. The average molecular weight is 381 g/mol. The molecule has 0 spiro atoms. The van der Waals surface area contributed by atoms with Gasteiger partial charge in [-0.3, -0.25) is 9.59 Å². The minimum absolute atomic E-state index is 0.0111. The minimum atomic E-state index is -0.779. The predicted octanol–water partition coefficient (Wildman–Crippen LogP) is 3.35. The number of aliphatic hydroxyl groups is 1. The fourth-order valence-corrected chi connectivity index (χ4v) is 4.47. The topological polar surface area (TPSA) is 69.6 Å². The Morgan fingerprint density at radius 1 is 1.22 bits per heavy atom. The van der Waals surface area contributed by atoms with Crippen molar-refractivity contribution < 1.29 is 14.7 Å². The summed E-state index contributed by atoms with van der Waals surface area (Å²) in [6.45, 7) is 12.4. The molecule has 0 aromatic carbocycles. The van der Waals surface area contributed by atoms with Crippen LogP contribution in [0.3, 0.4) is 0 Å². The van der Waals surface area contributed by atoms with E-state index in [0.29, 0.717) is 19.0 Å². The third-order valence-electron chi connectivity index (χ3n) is 6.87. The summed E-state index contributed by atoms with van der Waals surface area (Å²) in [6, 6.07) is 0. The van der Waals surface area contributed by atoms with E-state index in [1.165, 1.54) is 0 Å². The molecule has 1 aliphatic carbocycles. The first kappa shape index (κ1) is 22.2. The summed E-state index contributed by atoms with van der Waals surface area (Å²) in [5.74, 6) is 0.649. The van der Waals surface area contributed by atoms with Gasteiger partial charge in [-0.1, -0.05) is 34.6 Å². The van der Waals surface area contributed by atoms with Gasteiger partial charge in [0.05, 0.1) is 11.5 Å². The van der Waals surface area contributed by atoms with Crippen LogP contribution in [0.5, 0.6) is 0 Å². The third-order valence-corrected chi connectivity index (χ3v) is 6.87. The van der Waals surface area contributed by atoms with Crippen molar-refractivity contribution in [3.63, 3.8) is 0 Å². The standard InChI is InChI=1S/C22H40N2O3/c1-6-16(2)20(26)24-13-7-8-17(14-24)19(25)23-15-22(27)11-9-18(10-12-22)21(3,4)5/h16-18,27H,6-15H2,1-5H3,(H,23,25). The molecule has 1 aliphatic heterocycles. The summed E-state index contributed by atoms with van der Waals surface area (Å²) >= 11 is 0. The van der Waals surface area contributed by atoms with Crippen molar-refractivity contribution in [3.05, 3.63) is 0 Å². The Morgan fingerprint density at radius 2 is 1.85 bits per heavy atom. The summed E-state index contributed by atoms with van der Waals surface area (Å²) in [7, 11) is 0. The highest BCUT2D eigenvalue weighted by Gasteiger charge is 2.38. The van der Waals surface area contributed by atoms with Crippen LogP contribution in [0.15, 0.2) is 0 Å². The Balaban J connectivity index is 1.82. The minimum Gasteiger partial charge on any atom is -0.388 e. The van der Waals surface area contributed by atoms with E-state index in [1.807, 2.05) is 18.7 Å². The zero-order chi connectivity index (χ0) is 20.2. The van der Waals surface area contributed by atoms with E-state index in [4.69, 9.17) is 0 Å². The van der Waals surface area contributed by atoms with Crippen LogP contribution in [0.25, 0.3) is 0 Å². The number of hydrogen-bond acceptors (Lipinski definition) is 3. The second-order valence-electron chi connectivity index (χ2n) is 10.0. The predicted molar refractivity (Wildman–Crippen MR) is 108 cm³/mol. The number of nitrogens with one attached hydrogen (secondary N) is 1. The average Bonchev–Trinajstić information content (AvgIpc) is 2.64. The molecule has 27 heavy (non-hydrogen) atoms. The largest absolute Gasteiger partial charge is 0.388 e. The van der Waals surface area contributed by atoms with Crippen molar-refractivity contribution in [2.24, 2.45) is 23.2 Å². The molecule has 156 valence electrons. The van der Waals surface area contributed by atoms with Gasteiger partial charge in [0.1, 0.15) is 0 Å². The highest BCUT2D eigenvalue weighted by atomic mass is 16.3. The van der Waals surface area contributed by atoms with Gasteiger partial charge >= 0.3 is 0 Å². The van der Waals surface area contributed by atoms with Crippen molar-refractivity contribution in [2.45, 2.75) is 85.2 Å². The molecule has 0 aromatic heterocycles. The Morgan fingerprint density at radius 3 is 2.41 bits per heavy atom. The Labute approximate surface area is 165 Å². The first-order valence-corrected chi connectivity index (χ1v) is 10.8. The van der Waals surface area contributed by atoms with Crippen molar-refractivity contribution >= 4 is 11.8 Å². The van der Waals surface area contributed by atoms with Gasteiger partial charge in [0.2, 0.25) is 11.8 Å². The van der Waals surface area contributed by atoms with Crippen LogP contribution in [-0.2, 0) is 9.59 Å². The molecule has 2 atom stereocenters. The van der Waals surface area contributed by atoms with Gasteiger partial charge in [-0.05, 0) is 56.3 Å². The summed E-state index contributed by atoms with van der Waals surface area (Å²) in [5, 5.41) is 13.9. The van der Waals surface area contributed by atoms with Crippen LogP contribution in [-0.4, -0.2) is 47.1 Å². The lowest BCUT2D eigenvalue weighted by Crippen LogP contribution is -2.51. The SMILES string of the molecule is CCC(C)C(=O)N1CCCC(C(=O)NCC2(O)CCC(C(C)(C)C)CC2)C1. The van der Waals surface area contributed by atoms with E-state index in [2.05, 4.69) is 26.1 Å². The Bertz CT molecular complexity index is 518. The maximum Gasteiger partial charge on any atom is 0.225 e. The zero-order valence-electron chi connectivity index (χ0n) is 18.0. The number of nitrogens with zero attached hydrogens (tertiary/aromatic N) is 1. The van der Waals surface area contributed by atoms with Crippen LogP contribution >= 0.6 is 0 Å². The molecule has 1 saturated heterocycles. The smallest absolute Gasteiger partial charge is 0.225 e. The summed E-state index contributed by atoms with van der Waals surface area (Å²) in [4.78, 5) is 26.9. The van der Waals surface area contributed by atoms with E-state index in [1.54, 1.807) is 0 Å². The maximum atomic E-state index is 12.7. The number of amides is 2. The zero-order valence-corrected chi connectivity index (χ0v) is 18.0. The molecule has 5 heteroatoms. The lowest BCUT2D eigenvalue weighted by molar-refractivity contribution is -0.139. The number of hydrogen-bond donors (Lipinski definition) is 2. The Hall–Kier alpha value is -1.10. The van der Waals surface area contributed by atoms with Crippen molar-refractivity contribution in [2.75, 3.05) is 19.6 Å². The number of likely N-dealkylation sites (tertiary alicyclic amines) is 1. The molecule has 0 bridgehead atoms. The molecular formula is C22H40N2O3. The van der Waals surface area contributed by atoms with E-state index < -0.39 is 5.60 Å². The van der Waals surface area contributed by atoms with Crippen LogP contribution in [0, 0.1) is 23.2 Å². The summed E-state index contributed by atoms with van der Waals surface area (Å²) in [6.07, 6.45) is 6.04. The molecule has 2 amide bonds. The van der Waals surface area contributed by atoms with Crippen LogP contribution < -0.4 is 5.32 Å². The van der Waals surface area contributed by atoms with E-state index in [0.717, 1.165) is 51.5 Å². The number of rotatable bonds is 5.